The van der Waals surface area contributed by atoms with Crippen LogP contribution in [-0.4, -0.2) is 52.5 Å². The molecule has 2 unspecified atom stereocenters. The summed E-state index contributed by atoms with van der Waals surface area (Å²) in [4.78, 5) is 12.8. The number of rotatable bonds is 8. The first-order valence-corrected chi connectivity index (χ1v) is 11.7. The molecule has 0 saturated heterocycles. The lowest BCUT2D eigenvalue weighted by atomic mass is 9.81. The minimum absolute atomic E-state index is 0.0490. The molecule has 2 aromatic rings. The topological polar surface area (TPSA) is 95.9 Å². The molecule has 3 rings (SSSR count). The Hall–Kier alpha value is -2.42. The molecule has 8 heteroatoms. The summed E-state index contributed by atoms with van der Waals surface area (Å²) in [5.74, 6) is 0.205. The second-order valence-corrected chi connectivity index (χ2v) is 9.59. The van der Waals surface area contributed by atoms with Gasteiger partial charge < -0.3 is 9.84 Å². The number of aliphatic hydroxyl groups excluding tert-OH is 1. The van der Waals surface area contributed by atoms with Crippen LogP contribution in [0.25, 0.3) is 0 Å². The van der Waals surface area contributed by atoms with Crippen molar-refractivity contribution in [2.45, 2.75) is 25.5 Å². The Balaban J connectivity index is 1.54. The minimum Gasteiger partial charge on any atom is -0.497 e. The highest BCUT2D eigenvalue weighted by Crippen LogP contribution is 2.30. The number of Topliss-reactive ketones (excluding diaryl/α,β-unsaturated/α-hetero) is 1. The van der Waals surface area contributed by atoms with Gasteiger partial charge in [-0.3, -0.25) is 14.4 Å². The van der Waals surface area contributed by atoms with E-state index in [1.54, 1.807) is 31.4 Å². The molecule has 0 saturated carbocycles. The molecule has 7 nitrogen and oxygen atoms in total. The highest BCUT2D eigenvalue weighted by atomic mass is 32.2. The fourth-order valence-electron chi connectivity index (χ4n) is 3.66. The van der Waals surface area contributed by atoms with Crippen LogP contribution in [0.5, 0.6) is 5.75 Å². The molecule has 30 heavy (non-hydrogen) atoms. The van der Waals surface area contributed by atoms with Gasteiger partial charge in [0.25, 0.3) is 0 Å². The number of sulfonamides is 1. The van der Waals surface area contributed by atoms with Crippen molar-refractivity contribution in [3.63, 3.8) is 0 Å². The summed E-state index contributed by atoms with van der Waals surface area (Å²) >= 11 is 0. The zero-order chi connectivity index (χ0) is 21.9. The predicted molar refractivity (Wildman–Crippen MR) is 117 cm³/mol. The summed E-state index contributed by atoms with van der Waals surface area (Å²) in [6, 6.07) is 12.6. The molecule has 0 radical (unpaired) electrons. The largest absolute Gasteiger partial charge is 0.497 e. The average Bonchev–Trinajstić information content (AvgIpc) is 2.73. The summed E-state index contributed by atoms with van der Waals surface area (Å²) in [6.07, 6.45) is 2.20. The lowest BCUT2D eigenvalue weighted by Crippen LogP contribution is -2.42. The van der Waals surface area contributed by atoms with Gasteiger partial charge >= 0.3 is 0 Å². The Morgan fingerprint density at radius 2 is 1.93 bits per heavy atom. The fourth-order valence-corrected chi connectivity index (χ4v) is 4.16. The summed E-state index contributed by atoms with van der Waals surface area (Å²) < 4.78 is 29.6. The van der Waals surface area contributed by atoms with Crippen LogP contribution in [0.4, 0.5) is 5.69 Å². The van der Waals surface area contributed by atoms with Gasteiger partial charge in [0.2, 0.25) is 10.0 Å². The quantitative estimate of drug-likeness (QED) is 0.620. The normalized spacial score (nSPS) is 17.3. The number of aliphatic hydroxyl groups is 1. The van der Waals surface area contributed by atoms with Gasteiger partial charge in [0.15, 0.2) is 5.78 Å². The molecule has 0 fully saturated rings. The first-order valence-electron chi connectivity index (χ1n) is 9.86. The Kier molecular flexibility index (Phi) is 6.80. The van der Waals surface area contributed by atoms with Gasteiger partial charge in [0.1, 0.15) is 12.0 Å². The van der Waals surface area contributed by atoms with Crippen molar-refractivity contribution in [2.24, 2.45) is 5.92 Å². The predicted octanol–water partition coefficient (Wildman–Crippen LogP) is 1.99. The number of hydrogen-bond acceptors (Lipinski definition) is 6. The van der Waals surface area contributed by atoms with Gasteiger partial charge in [0, 0.05) is 19.2 Å². The first kappa shape index (κ1) is 22.3. The third-order valence-corrected chi connectivity index (χ3v) is 6.79. The third kappa shape index (κ3) is 5.00. The lowest BCUT2D eigenvalue weighted by molar-refractivity contribution is 0.0515. The standard InChI is InChI=1S/C22H28N2O5S/c1-24(30(3,27)28)17-7-4-15(5-8-17)12-13-23-22(26)20-10-6-16-14-18(29-2)9-11-19(16)21(20)25/h4-5,7-9,11,14,20,22-23,26H,6,10,12-13H2,1-3H3. The van der Waals surface area contributed by atoms with E-state index in [-0.39, 0.29) is 5.78 Å². The van der Waals surface area contributed by atoms with Crippen LogP contribution in [0.1, 0.15) is 27.9 Å². The van der Waals surface area contributed by atoms with E-state index < -0.39 is 22.2 Å². The second kappa shape index (κ2) is 9.16. The van der Waals surface area contributed by atoms with Crippen LogP contribution in [0.3, 0.4) is 0 Å². The summed E-state index contributed by atoms with van der Waals surface area (Å²) in [5, 5.41) is 13.6. The van der Waals surface area contributed by atoms with Gasteiger partial charge in [0.05, 0.1) is 25.0 Å². The molecule has 0 amide bonds. The zero-order valence-electron chi connectivity index (χ0n) is 17.5. The van der Waals surface area contributed by atoms with Crippen molar-refractivity contribution in [3.05, 3.63) is 59.2 Å². The number of fused-ring (bicyclic) bond motifs is 1. The molecule has 1 aliphatic carbocycles. The molecule has 2 atom stereocenters. The Bertz CT molecular complexity index is 1000. The first-order chi connectivity index (χ1) is 14.2. The fraction of sp³-hybridized carbons (Fsp3) is 0.409. The third-order valence-electron chi connectivity index (χ3n) is 5.59. The van der Waals surface area contributed by atoms with E-state index in [4.69, 9.17) is 4.74 Å². The number of methoxy groups -OCH3 is 1. The monoisotopic (exact) mass is 432 g/mol. The maximum Gasteiger partial charge on any atom is 0.231 e. The van der Waals surface area contributed by atoms with Gasteiger partial charge in [-0.1, -0.05) is 12.1 Å². The maximum atomic E-state index is 12.8. The van der Waals surface area contributed by atoms with Crippen LogP contribution in [-0.2, 0) is 22.9 Å². The number of hydrogen-bond donors (Lipinski definition) is 2. The van der Waals surface area contributed by atoms with Crippen molar-refractivity contribution in [2.75, 3.05) is 31.3 Å². The number of nitrogens with zero attached hydrogens (tertiary/aromatic N) is 1. The van der Waals surface area contributed by atoms with Gasteiger partial charge in [-0.2, -0.15) is 0 Å². The van der Waals surface area contributed by atoms with Crippen molar-refractivity contribution in [1.29, 1.82) is 0 Å². The van der Waals surface area contributed by atoms with Crippen molar-refractivity contribution in [1.82, 2.24) is 5.32 Å². The number of nitrogens with one attached hydrogen (secondary N) is 1. The van der Waals surface area contributed by atoms with Crippen molar-refractivity contribution in [3.8, 4) is 5.75 Å². The van der Waals surface area contributed by atoms with E-state index in [1.807, 2.05) is 18.2 Å². The average molecular weight is 433 g/mol. The Morgan fingerprint density at radius 1 is 1.23 bits per heavy atom. The van der Waals surface area contributed by atoms with E-state index in [9.17, 15) is 18.3 Å². The van der Waals surface area contributed by atoms with E-state index in [0.29, 0.717) is 30.6 Å². The summed E-state index contributed by atoms with van der Waals surface area (Å²) in [7, 11) is -0.182. The molecule has 1 aliphatic rings. The lowest BCUT2D eigenvalue weighted by Gasteiger charge is -2.28. The molecule has 0 heterocycles. The van der Waals surface area contributed by atoms with Gasteiger partial charge in [-0.25, -0.2) is 8.42 Å². The maximum absolute atomic E-state index is 12.8. The van der Waals surface area contributed by atoms with Crippen molar-refractivity contribution < 1.29 is 23.1 Å². The number of carbonyl (C=O) groups is 1. The Labute approximate surface area is 177 Å². The van der Waals surface area contributed by atoms with Crippen LogP contribution in [0.15, 0.2) is 42.5 Å². The summed E-state index contributed by atoms with van der Waals surface area (Å²) in [6.45, 7) is 0.502. The van der Waals surface area contributed by atoms with E-state index in [1.165, 1.54) is 11.4 Å². The van der Waals surface area contributed by atoms with Crippen LogP contribution in [0.2, 0.25) is 0 Å². The molecule has 2 N–H and O–H groups in total. The van der Waals surface area contributed by atoms with Gasteiger partial charge in [-0.05, 0) is 60.7 Å². The Morgan fingerprint density at radius 3 is 2.57 bits per heavy atom. The number of carbonyl (C=O) groups excluding carboxylic acids is 1. The molecule has 0 aliphatic heterocycles. The second-order valence-electron chi connectivity index (χ2n) is 7.58. The molecule has 0 spiro atoms. The van der Waals surface area contributed by atoms with E-state index in [2.05, 4.69) is 5.32 Å². The van der Waals surface area contributed by atoms with Crippen LogP contribution in [0, 0.1) is 5.92 Å². The van der Waals surface area contributed by atoms with Crippen molar-refractivity contribution >= 4 is 21.5 Å². The number of ether oxygens (including phenoxy) is 1. The molecule has 2 aromatic carbocycles. The van der Waals surface area contributed by atoms with E-state index in [0.717, 1.165) is 29.6 Å². The number of anilines is 1. The number of benzene rings is 2. The highest BCUT2D eigenvalue weighted by molar-refractivity contribution is 7.92. The zero-order valence-corrected chi connectivity index (χ0v) is 18.3. The van der Waals surface area contributed by atoms with E-state index >= 15 is 0 Å². The molecule has 0 bridgehead atoms. The molecule has 0 aromatic heterocycles. The SMILES string of the molecule is COc1ccc2c(c1)CCC(C(O)NCCc1ccc(N(C)S(C)(=O)=O)cc1)C2=O. The smallest absolute Gasteiger partial charge is 0.231 e. The number of ketones is 1. The molecule has 162 valence electrons. The minimum atomic E-state index is -3.29. The van der Waals surface area contributed by atoms with Gasteiger partial charge in [-0.15, -0.1) is 0 Å². The molecular formula is C22H28N2O5S. The summed E-state index contributed by atoms with van der Waals surface area (Å²) in [5.41, 5.74) is 3.21. The molecular weight excluding hydrogens is 404 g/mol. The highest BCUT2D eigenvalue weighted by Gasteiger charge is 2.32. The number of aryl methyl sites for hydroxylation is 1. The van der Waals surface area contributed by atoms with Crippen LogP contribution >= 0.6 is 0 Å². The van der Waals surface area contributed by atoms with Crippen LogP contribution < -0.4 is 14.4 Å².